The third-order valence-corrected chi connectivity index (χ3v) is 4.58. The minimum Gasteiger partial charge on any atom is -0.310 e. The largest absolute Gasteiger partial charge is 0.310 e. The molecule has 0 radical (unpaired) electrons. The maximum Gasteiger partial charge on any atom is 0.0306 e. The van der Waals surface area contributed by atoms with Gasteiger partial charge in [0.15, 0.2) is 0 Å². The zero-order valence-electron chi connectivity index (χ0n) is 11.1. The lowest BCUT2D eigenvalue weighted by Crippen LogP contribution is -2.56. The minimum atomic E-state index is 0.426. The molecule has 2 atom stereocenters. The molecule has 0 saturated carbocycles. The number of nitrogens with one attached hydrogen (secondary N) is 1. The highest BCUT2D eigenvalue weighted by Crippen LogP contribution is 2.25. The monoisotopic (exact) mass is 225 g/mol. The van der Waals surface area contributed by atoms with Gasteiger partial charge in [-0.2, -0.15) is 0 Å². The molecular formula is C13H27N3. The molecule has 0 spiro atoms. The van der Waals surface area contributed by atoms with E-state index >= 15 is 0 Å². The predicted molar refractivity (Wildman–Crippen MR) is 68.8 cm³/mol. The van der Waals surface area contributed by atoms with E-state index in [1.54, 1.807) is 0 Å². The molecule has 94 valence electrons. The fraction of sp³-hybridized carbons (Fsp3) is 1.00. The molecule has 2 fully saturated rings. The Morgan fingerprint density at radius 2 is 2.19 bits per heavy atom. The van der Waals surface area contributed by atoms with Gasteiger partial charge in [-0.3, -0.25) is 4.90 Å². The van der Waals surface area contributed by atoms with Crippen LogP contribution >= 0.6 is 0 Å². The number of piperazine rings is 1. The van der Waals surface area contributed by atoms with Crippen LogP contribution in [0.5, 0.6) is 0 Å². The molecule has 0 bridgehead atoms. The summed E-state index contributed by atoms with van der Waals surface area (Å²) in [5.41, 5.74) is 0.426. The Kier molecular flexibility index (Phi) is 3.88. The summed E-state index contributed by atoms with van der Waals surface area (Å²) < 4.78 is 0. The second-order valence-electron chi connectivity index (χ2n) is 5.73. The fourth-order valence-corrected chi connectivity index (χ4v) is 3.11. The van der Waals surface area contributed by atoms with Crippen molar-refractivity contribution in [2.24, 2.45) is 0 Å². The number of rotatable bonds is 3. The Morgan fingerprint density at radius 3 is 2.75 bits per heavy atom. The number of likely N-dealkylation sites (N-methyl/N-ethyl adjacent to an activating group) is 1. The summed E-state index contributed by atoms with van der Waals surface area (Å²) in [5.74, 6) is 0. The molecule has 3 nitrogen and oxygen atoms in total. The first-order valence-corrected chi connectivity index (χ1v) is 6.83. The SMILES string of the molecule is CCC1(CN2CCN(C)C(C)C2)CCCN1. The predicted octanol–water partition coefficient (Wildman–Crippen LogP) is 1.15. The first kappa shape index (κ1) is 12.3. The van der Waals surface area contributed by atoms with Crippen LogP contribution in [0.15, 0.2) is 0 Å². The Labute approximate surface area is 100 Å². The number of hydrogen-bond donors (Lipinski definition) is 1. The topological polar surface area (TPSA) is 18.5 Å². The molecule has 16 heavy (non-hydrogen) atoms. The summed E-state index contributed by atoms with van der Waals surface area (Å²) >= 11 is 0. The van der Waals surface area contributed by atoms with E-state index in [0.717, 1.165) is 0 Å². The molecule has 2 rings (SSSR count). The van der Waals surface area contributed by atoms with Gasteiger partial charge in [0.2, 0.25) is 0 Å². The minimum absolute atomic E-state index is 0.426. The van der Waals surface area contributed by atoms with Crippen LogP contribution in [-0.4, -0.2) is 61.2 Å². The molecule has 0 aromatic heterocycles. The molecule has 2 saturated heterocycles. The van der Waals surface area contributed by atoms with E-state index in [-0.39, 0.29) is 0 Å². The van der Waals surface area contributed by atoms with Crippen LogP contribution in [0.2, 0.25) is 0 Å². The molecule has 0 aliphatic carbocycles. The lowest BCUT2D eigenvalue weighted by Gasteiger charge is -2.42. The van der Waals surface area contributed by atoms with Crippen LogP contribution in [0.25, 0.3) is 0 Å². The van der Waals surface area contributed by atoms with Crippen molar-refractivity contribution < 1.29 is 0 Å². The van der Waals surface area contributed by atoms with Crippen LogP contribution in [0.4, 0.5) is 0 Å². The van der Waals surface area contributed by atoms with E-state index in [0.29, 0.717) is 11.6 Å². The Morgan fingerprint density at radius 1 is 1.38 bits per heavy atom. The lowest BCUT2D eigenvalue weighted by atomic mass is 9.93. The highest BCUT2D eigenvalue weighted by atomic mass is 15.3. The average Bonchev–Trinajstić information content (AvgIpc) is 2.73. The van der Waals surface area contributed by atoms with Crippen LogP contribution in [0, 0.1) is 0 Å². The molecular weight excluding hydrogens is 198 g/mol. The summed E-state index contributed by atoms with van der Waals surface area (Å²) in [4.78, 5) is 5.13. The van der Waals surface area contributed by atoms with E-state index in [9.17, 15) is 0 Å². The second kappa shape index (κ2) is 5.03. The summed E-state index contributed by atoms with van der Waals surface area (Å²) in [5, 5.41) is 3.74. The van der Waals surface area contributed by atoms with Gasteiger partial charge in [-0.25, -0.2) is 0 Å². The average molecular weight is 225 g/mol. The van der Waals surface area contributed by atoms with Crippen LogP contribution in [0.1, 0.15) is 33.1 Å². The fourth-order valence-electron chi connectivity index (χ4n) is 3.11. The zero-order valence-corrected chi connectivity index (χ0v) is 11.1. The van der Waals surface area contributed by atoms with Crippen molar-refractivity contribution in [2.45, 2.75) is 44.7 Å². The highest BCUT2D eigenvalue weighted by molar-refractivity contribution is 4.95. The van der Waals surface area contributed by atoms with Crippen molar-refractivity contribution in [1.82, 2.24) is 15.1 Å². The van der Waals surface area contributed by atoms with Gasteiger partial charge >= 0.3 is 0 Å². The highest BCUT2D eigenvalue weighted by Gasteiger charge is 2.34. The Bertz CT molecular complexity index is 223. The van der Waals surface area contributed by atoms with Gasteiger partial charge in [0.25, 0.3) is 0 Å². The normalized spacial score (nSPS) is 38.1. The lowest BCUT2D eigenvalue weighted by molar-refractivity contribution is 0.0806. The van der Waals surface area contributed by atoms with E-state index < -0.39 is 0 Å². The van der Waals surface area contributed by atoms with Crippen molar-refractivity contribution in [3.63, 3.8) is 0 Å². The molecule has 2 aliphatic heterocycles. The van der Waals surface area contributed by atoms with E-state index in [1.807, 2.05) is 0 Å². The molecule has 0 amide bonds. The van der Waals surface area contributed by atoms with Crippen molar-refractivity contribution in [3.8, 4) is 0 Å². The van der Waals surface area contributed by atoms with Crippen LogP contribution in [-0.2, 0) is 0 Å². The van der Waals surface area contributed by atoms with Crippen LogP contribution in [0.3, 0.4) is 0 Å². The maximum atomic E-state index is 3.74. The smallest absolute Gasteiger partial charge is 0.0306 e. The van der Waals surface area contributed by atoms with Crippen molar-refractivity contribution in [2.75, 3.05) is 39.8 Å². The molecule has 2 heterocycles. The van der Waals surface area contributed by atoms with E-state index in [4.69, 9.17) is 0 Å². The number of nitrogens with zero attached hydrogens (tertiary/aromatic N) is 2. The van der Waals surface area contributed by atoms with Gasteiger partial charge in [-0.05, 0) is 39.8 Å². The molecule has 2 aliphatic rings. The quantitative estimate of drug-likeness (QED) is 0.777. The summed E-state index contributed by atoms with van der Waals surface area (Å²) in [7, 11) is 2.24. The van der Waals surface area contributed by atoms with Gasteiger partial charge in [0.1, 0.15) is 0 Å². The maximum absolute atomic E-state index is 3.74. The van der Waals surface area contributed by atoms with Crippen molar-refractivity contribution in [1.29, 1.82) is 0 Å². The second-order valence-corrected chi connectivity index (χ2v) is 5.73. The first-order valence-electron chi connectivity index (χ1n) is 6.83. The first-order chi connectivity index (χ1) is 7.65. The molecule has 1 N–H and O–H groups in total. The van der Waals surface area contributed by atoms with Gasteiger partial charge in [-0.15, -0.1) is 0 Å². The Balaban J connectivity index is 1.89. The van der Waals surface area contributed by atoms with Crippen LogP contribution < -0.4 is 5.32 Å². The summed E-state index contributed by atoms with van der Waals surface area (Å²) in [6, 6.07) is 0.712. The van der Waals surface area contributed by atoms with Gasteiger partial charge < -0.3 is 10.2 Å². The third kappa shape index (κ3) is 2.58. The molecule has 3 heteroatoms. The van der Waals surface area contributed by atoms with Gasteiger partial charge in [0.05, 0.1) is 0 Å². The van der Waals surface area contributed by atoms with Crippen molar-refractivity contribution in [3.05, 3.63) is 0 Å². The third-order valence-electron chi connectivity index (χ3n) is 4.58. The zero-order chi connectivity index (χ0) is 11.6. The summed E-state index contributed by atoms with van der Waals surface area (Å²) in [6.07, 6.45) is 4.00. The molecule has 0 aromatic carbocycles. The van der Waals surface area contributed by atoms with Gasteiger partial charge in [0, 0.05) is 37.8 Å². The van der Waals surface area contributed by atoms with E-state index in [2.05, 4.69) is 36.0 Å². The summed E-state index contributed by atoms with van der Waals surface area (Å²) in [6.45, 7) is 10.8. The molecule has 2 unspecified atom stereocenters. The Hall–Kier alpha value is -0.120. The van der Waals surface area contributed by atoms with Gasteiger partial charge in [-0.1, -0.05) is 6.92 Å². The van der Waals surface area contributed by atoms with Crippen molar-refractivity contribution >= 4 is 0 Å². The standard InChI is InChI=1S/C13H27N3/c1-4-13(6-5-7-14-13)11-16-9-8-15(3)12(2)10-16/h12,14H,4-11H2,1-3H3. The number of hydrogen-bond acceptors (Lipinski definition) is 3. The molecule has 0 aromatic rings. The van der Waals surface area contributed by atoms with E-state index in [1.165, 1.54) is 52.0 Å².